The SMILES string of the molecule is C=CCOCCn1ccnc1[N+](=O)[O-]. The molecule has 6 nitrogen and oxygen atoms in total. The maximum Gasteiger partial charge on any atom is 0.434 e. The second-order valence-corrected chi connectivity index (χ2v) is 2.54. The molecule has 1 rings (SSSR count). The molecule has 1 aromatic heterocycles. The fourth-order valence-corrected chi connectivity index (χ4v) is 0.977. The van der Waals surface area contributed by atoms with Crippen molar-refractivity contribution in [1.82, 2.24) is 9.55 Å². The first-order valence-corrected chi connectivity index (χ1v) is 4.10. The number of hydrogen-bond donors (Lipinski definition) is 0. The van der Waals surface area contributed by atoms with Gasteiger partial charge in [-0.15, -0.1) is 6.58 Å². The maximum absolute atomic E-state index is 10.4. The molecule has 0 bridgehead atoms. The van der Waals surface area contributed by atoms with Crippen LogP contribution in [0, 0.1) is 10.1 Å². The van der Waals surface area contributed by atoms with Crippen molar-refractivity contribution in [1.29, 1.82) is 0 Å². The normalized spacial score (nSPS) is 10.0. The maximum atomic E-state index is 10.4. The average Bonchev–Trinajstić information content (AvgIpc) is 2.60. The third-order valence-corrected chi connectivity index (χ3v) is 1.57. The summed E-state index contributed by atoms with van der Waals surface area (Å²) in [5.41, 5.74) is 0. The van der Waals surface area contributed by atoms with Crippen molar-refractivity contribution >= 4 is 5.95 Å². The summed E-state index contributed by atoms with van der Waals surface area (Å²) < 4.78 is 6.54. The lowest BCUT2D eigenvalue weighted by Crippen LogP contribution is -2.08. The van der Waals surface area contributed by atoms with Gasteiger partial charge in [-0.25, -0.2) is 4.57 Å². The van der Waals surface area contributed by atoms with Crippen LogP contribution in [-0.4, -0.2) is 27.7 Å². The van der Waals surface area contributed by atoms with Gasteiger partial charge in [0.1, 0.15) is 12.4 Å². The molecule has 0 aliphatic rings. The Kier molecular flexibility index (Phi) is 3.81. The molecule has 0 aromatic carbocycles. The predicted molar refractivity (Wildman–Crippen MR) is 49.9 cm³/mol. The van der Waals surface area contributed by atoms with Crippen LogP contribution in [0.2, 0.25) is 0 Å². The molecular formula is C8H11N3O3. The Morgan fingerprint density at radius 2 is 2.57 bits per heavy atom. The highest BCUT2D eigenvalue weighted by Crippen LogP contribution is 2.06. The first kappa shape index (κ1) is 10.4. The zero-order valence-corrected chi connectivity index (χ0v) is 7.63. The minimum atomic E-state index is -0.520. The van der Waals surface area contributed by atoms with Gasteiger partial charge < -0.3 is 14.9 Å². The molecule has 1 heterocycles. The Hall–Kier alpha value is -1.69. The van der Waals surface area contributed by atoms with E-state index in [4.69, 9.17) is 4.74 Å². The van der Waals surface area contributed by atoms with E-state index >= 15 is 0 Å². The van der Waals surface area contributed by atoms with Gasteiger partial charge in [-0.05, 0) is 4.92 Å². The van der Waals surface area contributed by atoms with Crippen molar-refractivity contribution < 1.29 is 9.66 Å². The lowest BCUT2D eigenvalue weighted by Gasteiger charge is -2.01. The molecule has 0 aliphatic carbocycles. The molecule has 0 aliphatic heterocycles. The standard InChI is InChI=1S/C8H11N3O3/c1-2-6-14-7-5-10-4-3-9-8(10)11(12)13/h2-4H,1,5-7H2. The van der Waals surface area contributed by atoms with Crippen molar-refractivity contribution in [3.63, 3.8) is 0 Å². The Morgan fingerprint density at radius 3 is 3.21 bits per heavy atom. The molecule has 0 unspecified atom stereocenters. The molecule has 14 heavy (non-hydrogen) atoms. The minimum Gasteiger partial charge on any atom is -0.390 e. The molecular weight excluding hydrogens is 186 g/mol. The van der Waals surface area contributed by atoms with Crippen LogP contribution in [0.4, 0.5) is 5.95 Å². The van der Waals surface area contributed by atoms with Crippen LogP contribution in [0.1, 0.15) is 0 Å². The number of nitro groups is 1. The molecule has 0 fully saturated rings. The van der Waals surface area contributed by atoms with Crippen LogP contribution >= 0.6 is 0 Å². The molecule has 6 heteroatoms. The number of aromatic nitrogens is 2. The monoisotopic (exact) mass is 197 g/mol. The fraction of sp³-hybridized carbons (Fsp3) is 0.375. The summed E-state index contributed by atoms with van der Waals surface area (Å²) >= 11 is 0. The second-order valence-electron chi connectivity index (χ2n) is 2.54. The van der Waals surface area contributed by atoms with Crippen molar-refractivity contribution in [3.05, 3.63) is 35.2 Å². The topological polar surface area (TPSA) is 70.2 Å². The minimum absolute atomic E-state index is 0.160. The van der Waals surface area contributed by atoms with E-state index in [0.717, 1.165) is 0 Å². The Labute approximate surface area is 81.0 Å². The van der Waals surface area contributed by atoms with Gasteiger partial charge in [-0.1, -0.05) is 11.1 Å². The van der Waals surface area contributed by atoms with E-state index in [-0.39, 0.29) is 5.95 Å². The van der Waals surface area contributed by atoms with Gasteiger partial charge in [-0.3, -0.25) is 0 Å². The van der Waals surface area contributed by atoms with Crippen molar-refractivity contribution in [2.75, 3.05) is 13.2 Å². The lowest BCUT2D eigenvalue weighted by atomic mass is 10.6. The highest BCUT2D eigenvalue weighted by Gasteiger charge is 2.12. The fourth-order valence-electron chi connectivity index (χ4n) is 0.977. The highest BCUT2D eigenvalue weighted by atomic mass is 16.6. The number of imidazole rings is 1. The smallest absolute Gasteiger partial charge is 0.390 e. The van der Waals surface area contributed by atoms with Crippen molar-refractivity contribution in [3.8, 4) is 0 Å². The average molecular weight is 197 g/mol. The second kappa shape index (κ2) is 5.13. The van der Waals surface area contributed by atoms with Crippen LogP contribution in [0.15, 0.2) is 25.0 Å². The van der Waals surface area contributed by atoms with Crippen LogP contribution in [-0.2, 0) is 11.3 Å². The third-order valence-electron chi connectivity index (χ3n) is 1.57. The summed E-state index contributed by atoms with van der Waals surface area (Å²) in [6.45, 7) is 4.76. The molecule has 0 amide bonds. The molecule has 76 valence electrons. The third kappa shape index (κ3) is 2.67. The first-order chi connectivity index (χ1) is 6.75. The van der Waals surface area contributed by atoms with Gasteiger partial charge in [-0.2, -0.15) is 0 Å². The summed E-state index contributed by atoms with van der Waals surface area (Å²) in [5, 5.41) is 10.4. The molecule has 0 radical (unpaired) electrons. The van der Waals surface area contributed by atoms with Crippen molar-refractivity contribution in [2.24, 2.45) is 0 Å². The van der Waals surface area contributed by atoms with E-state index in [1.807, 2.05) is 0 Å². The predicted octanol–water partition coefficient (Wildman–Crippen LogP) is 0.994. The molecule has 0 N–H and O–H groups in total. The summed E-state index contributed by atoms with van der Waals surface area (Å²) in [6.07, 6.45) is 4.57. The molecule has 0 saturated heterocycles. The van der Waals surface area contributed by atoms with Gasteiger partial charge in [0.2, 0.25) is 0 Å². The summed E-state index contributed by atoms with van der Waals surface area (Å²) in [7, 11) is 0. The van der Waals surface area contributed by atoms with Crippen LogP contribution in [0.25, 0.3) is 0 Å². The van der Waals surface area contributed by atoms with Gasteiger partial charge in [0, 0.05) is 0 Å². The van der Waals surface area contributed by atoms with Gasteiger partial charge in [0.25, 0.3) is 0 Å². The number of rotatable bonds is 6. The van der Waals surface area contributed by atoms with Gasteiger partial charge in [0.05, 0.1) is 19.8 Å². The number of hydrogen-bond acceptors (Lipinski definition) is 4. The number of nitrogens with zero attached hydrogens (tertiary/aromatic N) is 3. The van der Waals surface area contributed by atoms with Crippen molar-refractivity contribution in [2.45, 2.75) is 6.54 Å². The van der Waals surface area contributed by atoms with E-state index in [0.29, 0.717) is 19.8 Å². The molecule has 0 atom stereocenters. The van der Waals surface area contributed by atoms with E-state index in [1.165, 1.54) is 10.8 Å². The summed E-state index contributed by atoms with van der Waals surface area (Å²) in [5.74, 6) is -0.160. The van der Waals surface area contributed by atoms with E-state index in [9.17, 15) is 10.1 Å². The van der Waals surface area contributed by atoms with Crippen LogP contribution < -0.4 is 0 Å². The molecule has 1 aromatic rings. The summed E-state index contributed by atoms with van der Waals surface area (Å²) in [6, 6.07) is 0. The Bertz CT molecular complexity index is 321. The van der Waals surface area contributed by atoms with Gasteiger partial charge >= 0.3 is 5.95 Å². The first-order valence-electron chi connectivity index (χ1n) is 4.10. The Morgan fingerprint density at radius 1 is 1.79 bits per heavy atom. The van der Waals surface area contributed by atoms with Crippen LogP contribution in [0.3, 0.4) is 0 Å². The van der Waals surface area contributed by atoms with E-state index < -0.39 is 4.92 Å². The van der Waals surface area contributed by atoms with E-state index in [2.05, 4.69) is 11.6 Å². The Balaban J connectivity index is 2.45. The van der Waals surface area contributed by atoms with Gasteiger partial charge in [0.15, 0.2) is 0 Å². The number of ether oxygens (including phenoxy) is 1. The molecule has 0 spiro atoms. The largest absolute Gasteiger partial charge is 0.434 e. The zero-order valence-electron chi connectivity index (χ0n) is 7.63. The quantitative estimate of drug-likeness (QED) is 0.295. The zero-order chi connectivity index (χ0) is 10.4. The lowest BCUT2D eigenvalue weighted by molar-refractivity contribution is -0.396. The van der Waals surface area contributed by atoms with Crippen LogP contribution in [0.5, 0.6) is 0 Å². The summed E-state index contributed by atoms with van der Waals surface area (Å²) in [4.78, 5) is 13.5. The highest BCUT2D eigenvalue weighted by molar-refractivity contribution is 5.06. The van der Waals surface area contributed by atoms with E-state index in [1.54, 1.807) is 12.3 Å². The molecule has 0 saturated carbocycles.